The predicted molar refractivity (Wildman–Crippen MR) is 101 cm³/mol. The largest absolute Gasteiger partial charge is 0.368 e. The number of hydrogen-bond donors (Lipinski definition) is 2. The fourth-order valence-corrected chi connectivity index (χ4v) is 2.54. The fourth-order valence-electron chi connectivity index (χ4n) is 2.54. The first-order valence-electron chi connectivity index (χ1n) is 7.64. The van der Waals surface area contributed by atoms with Crippen molar-refractivity contribution in [3.05, 3.63) is 11.7 Å². The molecule has 1 aromatic heterocycles. The Morgan fingerprint density at radius 2 is 2.00 bits per heavy atom. The molecule has 10 heteroatoms. The van der Waals surface area contributed by atoms with Crippen molar-refractivity contribution in [1.82, 2.24) is 25.3 Å². The molecule has 0 atom stereocenters. The number of halogens is 1. The Hall–Kier alpha value is -1.43. The molecular formula is C14H26IN7O2. The van der Waals surface area contributed by atoms with E-state index in [2.05, 4.69) is 30.2 Å². The van der Waals surface area contributed by atoms with Crippen molar-refractivity contribution in [2.45, 2.75) is 32.9 Å². The molecule has 0 radical (unpaired) electrons. The molecule has 1 aliphatic heterocycles. The molecule has 0 aromatic carbocycles. The monoisotopic (exact) mass is 451 g/mol. The zero-order chi connectivity index (χ0) is 17.0. The first-order chi connectivity index (χ1) is 10.8. The van der Waals surface area contributed by atoms with Crippen molar-refractivity contribution in [1.29, 1.82) is 0 Å². The maximum Gasteiger partial charge on any atom is 0.237 e. The number of amides is 1. The summed E-state index contributed by atoms with van der Waals surface area (Å²) in [6.07, 6.45) is 0. The van der Waals surface area contributed by atoms with Crippen molar-refractivity contribution in [2.24, 2.45) is 10.7 Å². The van der Waals surface area contributed by atoms with Crippen LogP contribution in [-0.4, -0.2) is 70.6 Å². The van der Waals surface area contributed by atoms with E-state index in [1.807, 2.05) is 13.8 Å². The summed E-state index contributed by atoms with van der Waals surface area (Å²) in [4.78, 5) is 24.2. The number of carbonyl (C=O) groups excluding carboxylic acids is 1. The summed E-state index contributed by atoms with van der Waals surface area (Å²) in [7, 11) is 1.74. The standard InChI is InChI=1S/C14H25N7O2.HI/c1-10-18-11(19-23-10)9-17-13(16-4)20-5-7-21(8-6-20)14(2,3)12(15)22;/h5-9H2,1-4H3,(H2,15,22)(H,16,17);1H. The fraction of sp³-hybridized carbons (Fsp3) is 0.714. The molecule has 2 heterocycles. The average Bonchev–Trinajstić information content (AvgIpc) is 2.94. The molecule has 0 spiro atoms. The van der Waals surface area contributed by atoms with Crippen LogP contribution in [0.1, 0.15) is 25.6 Å². The molecule has 0 aliphatic carbocycles. The molecule has 9 nitrogen and oxygen atoms in total. The van der Waals surface area contributed by atoms with E-state index >= 15 is 0 Å². The van der Waals surface area contributed by atoms with Crippen molar-refractivity contribution in [3.63, 3.8) is 0 Å². The number of rotatable bonds is 4. The molecule has 1 aliphatic rings. The summed E-state index contributed by atoms with van der Waals surface area (Å²) >= 11 is 0. The van der Waals surface area contributed by atoms with Gasteiger partial charge >= 0.3 is 0 Å². The third kappa shape index (κ3) is 4.79. The molecule has 136 valence electrons. The average molecular weight is 451 g/mol. The van der Waals surface area contributed by atoms with E-state index in [9.17, 15) is 4.79 Å². The summed E-state index contributed by atoms with van der Waals surface area (Å²) in [5.41, 5.74) is 4.85. The number of aromatic nitrogens is 2. The Kier molecular flexibility index (Phi) is 7.39. The van der Waals surface area contributed by atoms with Gasteiger partial charge < -0.3 is 20.5 Å². The lowest BCUT2D eigenvalue weighted by atomic mass is 10.0. The highest BCUT2D eigenvalue weighted by atomic mass is 127. The molecular weight excluding hydrogens is 425 g/mol. The van der Waals surface area contributed by atoms with Crippen LogP contribution in [0.2, 0.25) is 0 Å². The minimum absolute atomic E-state index is 0. The first kappa shape index (κ1) is 20.6. The summed E-state index contributed by atoms with van der Waals surface area (Å²) in [5, 5.41) is 7.08. The van der Waals surface area contributed by atoms with Crippen LogP contribution >= 0.6 is 24.0 Å². The number of primary amides is 1. The van der Waals surface area contributed by atoms with Crippen LogP contribution in [0.5, 0.6) is 0 Å². The number of guanidine groups is 1. The lowest BCUT2D eigenvalue weighted by molar-refractivity contribution is -0.129. The topological polar surface area (TPSA) is 113 Å². The molecule has 2 rings (SSSR count). The highest BCUT2D eigenvalue weighted by Gasteiger charge is 2.35. The molecule has 0 bridgehead atoms. The van der Waals surface area contributed by atoms with Crippen LogP contribution in [-0.2, 0) is 11.3 Å². The number of nitrogens with zero attached hydrogens (tertiary/aromatic N) is 5. The number of nitrogens with one attached hydrogen (secondary N) is 1. The number of piperazine rings is 1. The Morgan fingerprint density at radius 1 is 1.38 bits per heavy atom. The number of aliphatic imine (C=N–C) groups is 1. The molecule has 1 fully saturated rings. The normalized spacial score (nSPS) is 16.7. The van der Waals surface area contributed by atoms with E-state index in [4.69, 9.17) is 10.3 Å². The maximum atomic E-state index is 11.6. The van der Waals surface area contributed by atoms with Gasteiger partial charge in [0.2, 0.25) is 11.8 Å². The van der Waals surface area contributed by atoms with Gasteiger partial charge in [-0.15, -0.1) is 24.0 Å². The second-order valence-corrected chi connectivity index (χ2v) is 6.03. The van der Waals surface area contributed by atoms with Gasteiger partial charge in [0.05, 0.1) is 12.1 Å². The number of nitrogens with two attached hydrogens (primary N) is 1. The van der Waals surface area contributed by atoms with Gasteiger partial charge in [0, 0.05) is 40.2 Å². The van der Waals surface area contributed by atoms with Gasteiger partial charge in [0.25, 0.3) is 0 Å². The van der Waals surface area contributed by atoms with Crippen LogP contribution < -0.4 is 11.1 Å². The van der Waals surface area contributed by atoms with Crippen molar-refractivity contribution in [3.8, 4) is 0 Å². The molecule has 0 unspecified atom stereocenters. The number of hydrogen-bond acceptors (Lipinski definition) is 6. The van der Waals surface area contributed by atoms with Crippen LogP contribution in [0.25, 0.3) is 0 Å². The summed E-state index contributed by atoms with van der Waals surface area (Å²) < 4.78 is 4.94. The van der Waals surface area contributed by atoms with Gasteiger partial charge in [0.1, 0.15) is 0 Å². The maximum absolute atomic E-state index is 11.6. The molecule has 24 heavy (non-hydrogen) atoms. The minimum Gasteiger partial charge on any atom is -0.368 e. The van der Waals surface area contributed by atoms with Gasteiger partial charge in [-0.3, -0.25) is 14.7 Å². The zero-order valence-corrected chi connectivity index (χ0v) is 16.9. The third-order valence-electron chi connectivity index (χ3n) is 4.16. The van der Waals surface area contributed by atoms with E-state index in [0.29, 0.717) is 18.3 Å². The van der Waals surface area contributed by atoms with E-state index in [1.165, 1.54) is 0 Å². The second kappa shape index (κ2) is 8.60. The highest BCUT2D eigenvalue weighted by molar-refractivity contribution is 14.0. The molecule has 0 saturated carbocycles. The smallest absolute Gasteiger partial charge is 0.237 e. The van der Waals surface area contributed by atoms with Crippen LogP contribution in [0.3, 0.4) is 0 Å². The molecule has 3 N–H and O–H groups in total. The Morgan fingerprint density at radius 3 is 2.46 bits per heavy atom. The summed E-state index contributed by atoms with van der Waals surface area (Å²) in [6, 6.07) is 0. The number of carbonyl (C=O) groups is 1. The van der Waals surface area contributed by atoms with Crippen molar-refractivity contribution < 1.29 is 9.32 Å². The Balaban J connectivity index is 0.00000288. The summed E-state index contributed by atoms with van der Waals surface area (Å²) in [5.74, 6) is 1.61. The van der Waals surface area contributed by atoms with Gasteiger partial charge in [-0.1, -0.05) is 5.16 Å². The molecule has 1 amide bonds. The lowest BCUT2D eigenvalue weighted by Crippen LogP contribution is -2.61. The van der Waals surface area contributed by atoms with E-state index in [1.54, 1.807) is 14.0 Å². The van der Waals surface area contributed by atoms with Crippen LogP contribution in [0, 0.1) is 6.92 Å². The van der Waals surface area contributed by atoms with E-state index in [-0.39, 0.29) is 29.9 Å². The van der Waals surface area contributed by atoms with Gasteiger partial charge in [0.15, 0.2) is 11.8 Å². The lowest BCUT2D eigenvalue weighted by Gasteiger charge is -2.43. The molecule has 1 aromatic rings. The van der Waals surface area contributed by atoms with Crippen molar-refractivity contribution >= 4 is 35.8 Å². The predicted octanol–water partition coefficient (Wildman–Crippen LogP) is -0.0471. The first-order valence-corrected chi connectivity index (χ1v) is 7.64. The quantitative estimate of drug-likeness (QED) is 0.375. The van der Waals surface area contributed by atoms with Crippen molar-refractivity contribution in [2.75, 3.05) is 33.2 Å². The van der Waals surface area contributed by atoms with E-state index in [0.717, 1.165) is 32.1 Å². The van der Waals surface area contributed by atoms with E-state index < -0.39 is 5.54 Å². The van der Waals surface area contributed by atoms with Gasteiger partial charge in [-0.2, -0.15) is 4.98 Å². The summed E-state index contributed by atoms with van der Waals surface area (Å²) in [6.45, 7) is 8.95. The minimum atomic E-state index is -0.634. The second-order valence-electron chi connectivity index (χ2n) is 6.03. The Bertz CT molecular complexity index is 579. The molecule has 1 saturated heterocycles. The Labute approximate surface area is 159 Å². The number of aryl methyl sites for hydroxylation is 1. The third-order valence-corrected chi connectivity index (χ3v) is 4.16. The van der Waals surface area contributed by atoms with Crippen LogP contribution in [0.15, 0.2) is 9.52 Å². The van der Waals surface area contributed by atoms with Crippen LogP contribution in [0.4, 0.5) is 0 Å². The SMILES string of the molecule is CN=C(NCc1noc(C)n1)N1CCN(C(C)(C)C(N)=O)CC1.I. The van der Waals surface area contributed by atoms with Gasteiger partial charge in [-0.05, 0) is 13.8 Å². The highest BCUT2D eigenvalue weighted by Crippen LogP contribution is 2.16. The van der Waals surface area contributed by atoms with Gasteiger partial charge in [-0.25, -0.2) is 0 Å². The zero-order valence-electron chi connectivity index (χ0n) is 14.6.